The summed E-state index contributed by atoms with van der Waals surface area (Å²) in [6.45, 7) is 3.58. The Kier molecular flexibility index (Phi) is 6.90. The molecule has 10 heteroatoms. The van der Waals surface area contributed by atoms with Crippen molar-refractivity contribution in [3.63, 3.8) is 0 Å². The van der Waals surface area contributed by atoms with E-state index in [0.717, 1.165) is 27.4 Å². The summed E-state index contributed by atoms with van der Waals surface area (Å²) in [4.78, 5) is 22.6. The Morgan fingerprint density at radius 1 is 1.19 bits per heavy atom. The number of β-amino-alcohol motifs (C(OH)–C–C–N with tert-alkyl or cyclic N) is 1. The van der Waals surface area contributed by atoms with Crippen LogP contribution < -0.4 is 11.1 Å². The normalized spacial score (nSPS) is 14.0. The minimum absolute atomic E-state index is 0.319. The molecule has 32 heavy (non-hydrogen) atoms. The predicted octanol–water partition coefficient (Wildman–Crippen LogP) is 3.75. The summed E-state index contributed by atoms with van der Waals surface area (Å²) in [7, 11) is 1.89. The van der Waals surface area contributed by atoms with Gasteiger partial charge in [0.25, 0.3) is 0 Å². The molecule has 1 saturated heterocycles. The number of benzene rings is 2. The van der Waals surface area contributed by atoms with Gasteiger partial charge in [0, 0.05) is 24.2 Å². The van der Waals surface area contributed by atoms with Crippen molar-refractivity contribution in [3.8, 4) is 0 Å². The van der Waals surface area contributed by atoms with Crippen LogP contribution in [0.2, 0.25) is 5.02 Å². The van der Waals surface area contributed by atoms with Gasteiger partial charge in [-0.1, -0.05) is 22.9 Å². The first kappa shape index (κ1) is 22.5. The highest BCUT2D eigenvalue weighted by Gasteiger charge is 2.12. The van der Waals surface area contributed by atoms with E-state index in [1.165, 1.54) is 37.3 Å². The number of hydrogen-bond acceptors (Lipinski definition) is 7. The molecule has 1 aliphatic rings. The average molecular weight is 473 g/mol. The summed E-state index contributed by atoms with van der Waals surface area (Å²) in [6.07, 6.45) is 2.64. The molecular formula is C22H25ClN6O2S. The molecule has 2 aromatic heterocycles. The van der Waals surface area contributed by atoms with Gasteiger partial charge in [-0.25, -0.2) is 9.97 Å². The van der Waals surface area contributed by atoms with E-state index in [4.69, 9.17) is 22.4 Å². The van der Waals surface area contributed by atoms with Crippen LogP contribution in [0.1, 0.15) is 23.2 Å². The largest absolute Gasteiger partial charge is 0.395 e. The number of carbonyl (C=O) groups is 1. The van der Waals surface area contributed by atoms with Crippen LogP contribution in [-0.2, 0) is 7.05 Å². The maximum absolute atomic E-state index is 11.3. The Labute approximate surface area is 194 Å². The zero-order valence-electron chi connectivity index (χ0n) is 17.7. The highest BCUT2D eigenvalue weighted by Crippen LogP contribution is 2.30. The molecule has 1 amide bonds. The van der Waals surface area contributed by atoms with Crippen LogP contribution in [0.25, 0.3) is 21.3 Å². The first-order valence-corrected chi connectivity index (χ1v) is 11.6. The number of hydrogen-bond donors (Lipinski definition) is 3. The molecule has 1 fully saturated rings. The third-order valence-corrected chi connectivity index (χ3v) is 6.52. The van der Waals surface area contributed by atoms with Crippen LogP contribution in [0.3, 0.4) is 0 Å². The second kappa shape index (κ2) is 9.83. The van der Waals surface area contributed by atoms with Gasteiger partial charge in [0.1, 0.15) is 0 Å². The van der Waals surface area contributed by atoms with Gasteiger partial charge in [-0.2, -0.15) is 0 Å². The molecule has 0 radical (unpaired) electrons. The molecule has 8 nitrogen and oxygen atoms in total. The van der Waals surface area contributed by atoms with Crippen molar-refractivity contribution in [1.29, 1.82) is 0 Å². The molecule has 168 valence electrons. The quantitative estimate of drug-likeness (QED) is 0.408. The number of nitrogens with two attached hydrogens (primary N) is 1. The molecule has 2 aromatic carbocycles. The van der Waals surface area contributed by atoms with E-state index in [-0.39, 0.29) is 0 Å². The summed E-state index contributed by atoms with van der Waals surface area (Å²) < 4.78 is 2.90. The number of likely N-dealkylation sites (tertiary alicyclic amines) is 1. The third-order valence-electron chi connectivity index (χ3n) is 5.35. The third kappa shape index (κ3) is 5.02. The van der Waals surface area contributed by atoms with Crippen molar-refractivity contribution in [2.45, 2.75) is 12.8 Å². The lowest BCUT2D eigenvalue weighted by molar-refractivity contribution is 0.100. The van der Waals surface area contributed by atoms with Gasteiger partial charge in [0.2, 0.25) is 11.9 Å². The van der Waals surface area contributed by atoms with Crippen molar-refractivity contribution < 1.29 is 9.90 Å². The molecule has 0 spiro atoms. The fraction of sp³-hybridized carbons (Fsp3) is 0.318. The lowest BCUT2D eigenvalue weighted by Gasteiger charge is -2.10. The predicted molar refractivity (Wildman–Crippen MR) is 130 cm³/mol. The summed E-state index contributed by atoms with van der Waals surface area (Å²) in [5, 5.41) is 13.1. The number of aliphatic hydroxyl groups is 1. The summed E-state index contributed by atoms with van der Waals surface area (Å²) >= 11 is 7.51. The van der Waals surface area contributed by atoms with Crippen LogP contribution in [0, 0.1) is 0 Å². The molecule has 1 aliphatic heterocycles. The molecule has 3 heterocycles. The highest BCUT2D eigenvalue weighted by atomic mass is 35.5. The zero-order chi connectivity index (χ0) is 22.7. The number of nitrogens with zero attached hydrogens (tertiary/aromatic N) is 4. The van der Waals surface area contributed by atoms with E-state index in [0.29, 0.717) is 28.7 Å². The number of nitrogens with one attached hydrogen (secondary N) is 1. The van der Waals surface area contributed by atoms with Gasteiger partial charge in [-0.15, -0.1) is 0 Å². The average Bonchev–Trinajstić information content (AvgIpc) is 3.48. The van der Waals surface area contributed by atoms with Gasteiger partial charge < -0.3 is 25.6 Å². The fourth-order valence-corrected chi connectivity index (χ4v) is 4.80. The number of anilines is 2. The number of halogens is 1. The van der Waals surface area contributed by atoms with Crippen LogP contribution in [0.4, 0.5) is 11.1 Å². The van der Waals surface area contributed by atoms with E-state index in [2.05, 4.69) is 20.2 Å². The summed E-state index contributed by atoms with van der Waals surface area (Å²) in [6, 6.07) is 10.8. The van der Waals surface area contributed by atoms with Gasteiger partial charge in [-0.05, 0) is 62.3 Å². The van der Waals surface area contributed by atoms with Crippen molar-refractivity contribution in [2.24, 2.45) is 12.8 Å². The van der Waals surface area contributed by atoms with Crippen LogP contribution in [0.15, 0.2) is 36.4 Å². The maximum Gasteiger partial charge on any atom is 0.248 e. The van der Waals surface area contributed by atoms with Crippen LogP contribution in [0.5, 0.6) is 0 Å². The van der Waals surface area contributed by atoms with Gasteiger partial charge in [0.15, 0.2) is 5.13 Å². The lowest BCUT2D eigenvalue weighted by Crippen LogP contribution is -2.22. The van der Waals surface area contributed by atoms with E-state index >= 15 is 0 Å². The first-order valence-electron chi connectivity index (χ1n) is 10.4. The fourth-order valence-electron chi connectivity index (χ4n) is 3.66. The van der Waals surface area contributed by atoms with Crippen molar-refractivity contribution in [3.05, 3.63) is 47.0 Å². The Bertz CT molecular complexity index is 1250. The number of carbonyl (C=O) groups excluding carboxylic acids is 1. The molecule has 5 rings (SSSR count). The Hall–Kier alpha value is -2.72. The van der Waals surface area contributed by atoms with E-state index in [9.17, 15) is 4.79 Å². The van der Waals surface area contributed by atoms with E-state index in [1.807, 2.05) is 35.9 Å². The van der Waals surface area contributed by atoms with Crippen molar-refractivity contribution in [2.75, 3.05) is 31.6 Å². The number of amides is 1. The SMILES string of the molecule is Cn1c(Nc2nc3ccc(Cl)cc3s2)nc2cc(C(N)=O)ccc21.OCCN1CCCC1. The van der Waals surface area contributed by atoms with Crippen molar-refractivity contribution in [1.82, 2.24) is 19.4 Å². The number of imidazole rings is 1. The summed E-state index contributed by atoms with van der Waals surface area (Å²) in [5.74, 6) is 0.164. The van der Waals surface area contributed by atoms with Crippen LogP contribution >= 0.6 is 22.9 Å². The Morgan fingerprint density at radius 3 is 2.69 bits per heavy atom. The Morgan fingerprint density at radius 2 is 1.97 bits per heavy atom. The topological polar surface area (TPSA) is 109 Å². The molecule has 0 saturated carbocycles. The molecule has 0 unspecified atom stereocenters. The number of aromatic nitrogens is 3. The monoisotopic (exact) mass is 472 g/mol. The zero-order valence-corrected chi connectivity index (χ0v) is 19.3. The smallest absolute Gasteiger partial charge is 0.248 e. The molecule has 0 atom stereocenters. The Balaban J connectivity index is 0.000000260. The molecule has 0 bridgehead atoms. The number of thiazole rings is 1. The standard InChI is InChI=1S/C16H12ClN5OS.C6H13NO/c1-22-12-5-2-8(14(18)23)6-11(12)19-15(22)21-16-20-10-4-3-9(17)7-13(10)24-16;8-6-5-7-3-1-2-4-7/h2-7H,1H3,(H2,18,23)(H,19,20,21);8H,1-6H2. The van der Waals surface area contributed by atoms with Gasteiger partial charge in [-0.3, -0.25) is 4.79 Å². The number of aliphatic hydroxyl groups excluding tert-OH is 1. The molecular weight excluding hydrogens is 448 g/mol. The van der Waals surface area contributed by atoms with Gasteiger partial charge >= 0.3 is 0 Å². The van der Waals surface area contributed by atoms with E-state index in [1.54, 1.807) is 12.1 Å². The second-order valence-electron chi connectivity index (χ2n) is 7.59. The van der Waals surface area contributed by atoms with E-state index < -0.39 is 5.91 Å². The number of fused-ring (bicyclic) bond motifs is 2. The highest BCUT2D eigenvalue weighted by molar-refractivity contribution is 7.22. The van der Waals surface area contributed by atoms with Crippen molar-refractivity contribution >= 4 is 61.2 Å². The minimum Gasteiger partial charge on any atom is -0.395 e. The number of rotatable bonds is 5. The number of aryl methyl sites for hydroxylation is 1. The molecule has 4 N–H and O–H groups in total. The maximum atomic E-state index is 11.3. The minimum atomic E-state index is -0.472. The van der Waals surface area contributed by atoms with Crippen LogP contribution in [-0.4, -0.2) is 56.7 Å². The lowest BCUT2D eigenvalue weighted by atomic mass is 10.2. The molecule has 0 aliphatic carbocycles. The number of primary amides is 1. The molecule has 4 aromatic rings. The van der Waals surface area contributed by atoms with Gasteiger partial charge in [0.05, 0.1) is 27.9 Å². The first-order chi connectivity index (χ1) is 15.4. The summed E-state index contributed by atoms with van der Waals surface area (Å²) in [5.41, 5.74) is 8.22. The second-order valence-corrected chi connectivity index (χ2v) is 9.06.